The molecule has 1 aromatic carbocycles. The van der Waals surface area contributed by atoms with Crippen LogP contribution >= 0.6 is 0 Å². The quantitative estimate of drug-likeness (QED) is 0.485. The molecule has 0 aliphatic heterocycles. The topological polar surface area (TPSA) is 46.5 Å². The number of hydrogen-bond donors (Lipinski definition) is 0. The Labute approximate surface area is 69.7 Å². The number of aliphatic imine (C=N–C) groups is 1. The van der Waals surface area contributed by atoms with Crippen molar-refractivity contribution in [2.45, 2.75) is 6.92 Å². The van der Waals surface area contributed by atoms with Crippen LogP contribution in [0.2, 0.25) is 0 Å². The van der Waals surface area contributed by atoms with Crippen LogP contribution in [-0.4, -0.2) is 12.4 Å². The highest BCUT2D eigenvalue weighted by atomic mass is 16.1. The highest BCUT2D eigenvalue weighted by Crippen LogP contribution is 2.17. The minimum Gasteiger partial charge on any atom is -0.285 e. The average molecular weight is 160 g/mol. The minimum absolute atomic E-state index is 0.456. The number of carbonyl (C=O) groups excluding carboxylic acids is 2. The Morgan fingerprint density at radius 1 is 1.33 bits per heavy atom. The molecule has 0 N–H and O–H groups in total. The van der Waals surface area contributed by atoms with Gasteiger partial charge in [0.1, 0.15) is 0 Å². The molecule has 0 saturated heterocycles. The van der Waals surface area contributed by atoms with E-state index in [1.165, 1.54) is 6.08 Å². The highest BCUT2D eigenvalue weighted by molar-refractivity contribution is 5.77. The minimum atomic E-state index is 0.456. The lowest BCUT2D eigenvalue weighted by molar-refractivity contribution is 0.562. The summed E-state index contributed by atoms with van der Waals surface area (Å²) in [5, 5.41) is 0. The van der Waals surface area contributed by atoms with Crippen LogP contribution in [0.4, 0.5) is 5.69 Å². The largest absolute Gasteiger partial charge is 0.285 e. The van der Waals surface area contributed by atoms with Crippen LogP contribution in [0.1, 0.15) is 11.1 Å². The molecule has 1 radical (unpaired) electrons. The lowest BCUT2D eigenvalue weighted by atomic mass is 10.1. The second kappa shape index (κ2) is 3.60. The summed E-state index contributed by atoms with van der Waals surface area (Å²) in [6.45, 7) is 1.76. The fourth-order valence-electron chi connectivity index (χ4n) is 0.894. The Morgan fingerprint density at radius 2 is 2.08 bits per heavy atom. The van der Waals surface area contributed by atoms with Crippen molar-refractivity contribution in [3.05, 3.63) is 29.3 Å². The van der Waals surface area contributed by atoms with E-state index in [9.17, 15) is 9.59 Å². The van der Waals surface area contributed by atoms with Crippen LogP contribution in [-0.2, 0) is 9.59 Å². The Hall–Kier alpha value is -1.73. The molecule has 0 saturated carbocycles. The van der Waals surface area contributed by atoms with Gasteiger partial charge in [-0.15, -0.1) is 0 Å². The van der Waals surface area contributed by atoms with Gasteiger partial charge in [-0.05, 0) is 30.7 Å². The van der Waals surface area contributed by atoms with Crippen LogP contribution < -0.4 is 0 Å². The molecule has 3 nitrogen and oxygen atoms in total. The van der Waals surface area contributed by atoms with Crippen LogP contribution in [0.3, 0.4) is 0 Å². The molecule has 59 valence electrons. The molecule has 0 bridgehead atoms. The smallest absolute Gasteiger partial charge is 0.240 e. The number of isocyanates is 1. The van der Waals surface area contributed by atoms with E-state index < -0.39 is 0 Å². The van der Waals surface area contributed by atoms with Crippen molar-refractivity contribution < 1.29 is 9.59 Å². The van der Waals surface area contributed by atoms with Gasteiger partial charge in [0.25, 0.3) is 0 Å². The molecule has 0 heterocycles. The maximum atomic E-state index is 10.2. The molecule has 0 fully saturated rings. The molecule has 0 aliphatic carbocycles. The van der Waals surface area contributed by atoms with Gasteiger partial charge in [-0.1, -0.05) is 0 Å². The summed E-state index contributed by atoms with van der Waals surface area (Å²) in [4.78, 5) is 23.6. The van der Waals surface area contributed by atoms with Gasteiger partial charge in [0.2, 0.25) is 12.4 Å². The van der Waals surface area contributed by atoms with E-state index in [1.54, 1.807) is 31.4 Å². The van der Waals surface area contributed by atoms with Crippen molar-refractivity contribution in [1.82, 2.24) is 0 Å². The molecule has 1 rings (SSSR count). The van der Waals surface area contributed by atoms with E-state index in [2.05, 4.69) is 4.99 Å². The van der Waals surface area contributed by atoms with Crippen molar-refractivity contribution in [2.75, 3.05) is 0 Å². The molecular weight excluding hydrogens is 154 g/mol. The van der Waals surface area contributed by atoms with E-state index in [4.69, 9.17) is 0 Å². The monoisotopic (exact) mass is 160 g/mol. The fourth-order valence-corrected chi connectivity index (χ4v) is 0.894. The third-order valence-electron chi connectivity index (χ3n) is 1.48. The molecule has 0 aromatic heterocycles. The van der Waals surface area contributed by atoms with Crippen LogP contribution in [0.15, 0.2) is 23.2 Å². The maximum absolute atomic E-state index is 10.2. The van der Waals surface area contributed by atoms with Gasteiger partial charge < -0.3 is 0 Å². The predicted octanol–water partition coefficient (Wildman–Crippen LogP) is 1.42. The van der Waals surface area contributed by atoms with Gasteiger partial charge in [0.05, 0.1) is 5.69 Å². The number of rotatable bonds is 2. The van der Waals surface area contributed by atoms with E-state index in [1.807, 2.05) is 0 Å². The van der Waals surface area contributed by atoms with Crippen molar-refractivity contribution in [3.63, 3.8) is 0 Å². The maximum Gasteiger partial charge on any atom is 0.240 e. The predicted molar refractivity (Wildman–Crippen MR) is 43.8 cm³/mol. The van der Waals surface area contributed by atoms with Crippen molar-refractivity contribution >= 4 is 18.1 Å². The van der Waals surface area contributed by atoms with E-state index in [0.29, 0.717) is 11.3 Å². The second-order valence-electron chi connectivity index (χ2n) is 2.31. The van der Waals surface area contributed by atoms with E-state index in [-0.39, 0.29) is 0 Å². The lowest BCUT2D eigenvalue weighted by Gasteiger charge is -1.96. The zero-order chi connectivity index (χ0) is 8.97. The zero-order valence-corrected chi connectivity index (χ0v) is 6.50. The van der Waals surface area contributed by atoms with E-state index in [0.717, 1.165) is 5.56 Å². The van der Waals surface area contributed by atoms with Crippen LogP contribution in [0, 0.1) is 6.92 Å². The van der Waals surface area contributed by atoms with Gasteiger partial charge in [-0.25, -0.2) is 4.79 Å². The zero-order valence-electron chi connectivity index (χ0n) is 6.50. The average Bonchev–Trinajstić information content (AvgIpc) is 2.09. The molecule has 1 aromatic rings. The SMILES string of the molecule is Cc1cc([C]=O)ccc1N=C=O. The first-order valence-corrected chi connectivity index (χ1v) is 3.34. The first kappa shape index (κ1) is 8.37. The first-order valence-electron chi connectivity index (χ1n) is 3.34. The van der Waals surface area contributed by atoms with Crippen molar-refractivity contribution in [1.29, 1.82) is 0 Å². The summed E-state index contributed by atoms with van der Waals surface area (Å²) in [6.07, 6.45) is 3.19. The number of benzene rings is 1. The van der Waals surface area contributed by atoms with Crippen molar-refractivity contribution in [2.24, 2.45) is 4.99 Å². The molecule has 0 unspecified atom stereocenters. The Kier molecular flexibility index (Phi) is 2.51. The van der Waals surface area contributed by atoms with Crippen LogP contribution in [0.5, 0.6) is 0 Å². The van der Waals surface area contributed by atoms with Crippen LogP contribution in [0.25, 0.3) is 0 Å². The molecule has 0 atom stereocenters. The summed E-state index contributed by atoms with van der Waals surface area (Å²) < 4.78 is 0. The molecule has 0 amide bonds. The Morgan fingerprint density at radius 3 is 2.58 bits per heavy atom. The summed E-state index contributed by atoms with van der Waals surface area (Å²) >= 11 is 0. The number of hydrogen-bond acceptors (Lipinski definition) is 3. The second-order valence-corrected chi connectivity index (χ2v) is 2.31. The number of aryl methyl sites for hydroxylation is 1. The summed E-state index contributed by atoms with van der Waals surface area (Å²) in [6, 6.07) is 4.75. The fraction of sp³-hybridized carbons (Fsp3) is 0.111. The molecule has 0 aliphatic rings. The van der Waals surface area contributed by atoms with Gasteiger partial charge in [-0.3, -0.25) is 4.79 Å². The molecule has 3 heteroatoms. The molecule has 0 spiro atoms. The summed E-state index contributed by atoms with van der Waals surface area (Å²) in [7, 11) is 0. The third kappa shape index (κ3) is 1.65. The Balaban J connectivity index is 3.19. The molecular formula is C9H6NO2. The molecule has 12 heavy (non-hydrogen) atoms. The summed E-state index contributed by atoms with van der Waals surface area (Å²) in [5.41, 5.74) is 1.75. The first-order chi connectivity index (χ1) is 5.77. The summed E-state index contributed by atoms with van der Waals surface area (Å²) in [5.74, 6) is 0. The normalized spacial score (nSPS) is 8.75. The van der Waals surface area contributed by atoms with Gasteiger partial charge in [-0.2, -0.15) is 4.99 Å². The van der Waals surface area contributed by atoms with Gasteiger partial charge >= 0.3 is 0 Å². The lowest BCUT2D eigenvalue weighted by Crippen LogP contribution is -1.81. The van der Waals surface area contributed by atoms with Gasteiger partial charge in [0.15, 0.2) is 0 Å². The third-order valence-corrected chi connectivity index (χ3v) is 1.48. The Bertz CT molecular complexity index is 352. The van der Waals surface area contributed by atoms with Gasteiger partial charge in [0, 0.05) is 5.56 Å². The van der Waals surface area contributed by atoms with E-state index >= 15 is 0 Å². The highest BCUT2D eigenvalue weighted by Gasteiger charge is 1.97. The van der Waals surface area contributed by atoms with Crippen molar-refractivity contribution in [3.8, 4) is 0 Å². The standard InChI is InChI=1S/C9H6NO2/c1-7-4-8(5-11)2-3-9(7)10-6-12/h2-4H,1H3. The number of nitrogens with zero attached hydrogens (tertiary/aromatic N) is 1.